The highest BCUT2D eigenvalue weighted by Crippen LogP contribution is 2.06. The van der Waals surface area contributed by atoms with Crippen LogP contribution >= 0.6 is 34.2 Å². The largest absolute Gasteiger partial charge is 0.286 e. The molecular formula is C4H6ClIO. The fraction of sp³-hybridized carbons (Fsp3) is 0.750. The molecule has 0 aliphatic rings. The maximum Gasteiger partial charge on any atom is 0.210 e. The molecule has 0 heterocycles. The van der Waals surface area contributed by atoms with E-state index in [0.717, 1.165) is 6.42 Å². The van der Waals surface area contributed by atoms with Gasteiger partial charge in [-0.1, -0.05) is 6.92 Å². The van der Waals surface area contributed by atoms with Gasteiger partial charge in [0.2, 0.25) is 3.79 Å². The summed E-state index contributed by atoms with van der Waals surface area (Å²) in [6.07, 6.45) is 0.726. The number of carbonyl (C=O) groups is 1. The van der Waals surface area contributed by atoms with Gasteiger partial charge in [-0.2, -0.15) is 0 Å². The van der Waals surface area contributed by atoms with Crippen LogP contribution in [0.4, 0.5) is 0 Å². The molecule has 0 N–H and O–H groups in total. The Morgan fingerprint density at radius 2 is 2.43 bits per heavy atom. The Balaban J connectivity index is 3.34. The normalized spacial score (nSPS) is 13.6. The predicted molar refractivity (Wildman–Crippen MR) is 39.0 cm³/mol. The molecule has 0 radical (unpaired) electrons. The van der Waals surface area contributed by atoms with Gasteiger partial charge < -0.3 is 0 Å². The van der Waals surface area contributed by atoms with Gasteiger partial charge in [-0.05, 0) is 6.42 Å². The Hall–Kier alpha value is 0.690. The van der Waals surface area contributed by atoms with Crippen molar-refractivity contribution < 1.29 is 4.79 Å². The van der Waals surface area contributed by atoms with Crippen LogP contribution in [0, 0.1) is 0 Å². The number of hydrogen-bond acceptors (Lipinski definition) is 1. The minimum Gasteiger partial charge on any atom is -0.286 e. The van der Waals surface area contributed by atoms with E-state index in [1.165, 1.54) is 0 Å². The van der Waals surface area contributed by atoms with Gasteiger partial charge in [0, 0.05) is 22.6 Å². The third kappa shape index (κ3) is 3.29. The molecule has 0 aliphatic heterocycles. The van der Waals surface area contributed by atoms with Crippen molar-refractivity contribution in [2.45, 2.75) is 18.7 Å². The van der Waals surface area contributed by atoms with Crippen molar-refractivity contribution in [1.29, 1.82) is 0 Å². The average Bonchev–Trinajstić information content (AvgIpc) is 1.65. The first kappa shape index (κ1) is 7.69. The van der Waals surface area contributed by atoms with E-state index in [9.17, 15) is 4.79 Å². The molecule has 0 aromatic carbocycles. The molecule has 0 amide bonds. The fourth-order valence-corrected chi connectivity index (χ4v) is 0.601. The van der Waals surface area contributed by atoms with Crippen LogP contribution in [0.3, 0.4) is 0 Å². The number of halogens is 2. The Kier molecular flexibility index (Phi) is 4.02. The summed E-state index contributed by atoms with van der Waals surface area (Å²) in [5.74, 6) is 0. The van der Waals surface area contributed by atoms with Crippen LogP contribution in [0.25, 0.3) is 0 Å². The zero-order valence-electron chi connectivity index (χ0n) is 3.95. The molecule has 0 saturated carbocycles. The van der Waals surface area contributed by atoms with Gasteiger partial charge in [-0.25, -0.2) is 0 Å². The highest BCUT2D eigenvalue weighted by Gasteiger charge is 2.06. The summed E-state index contributed by atoms with van der Waals surface area (Å²) in [7, 11) is 0. The molecule has 1 unspecified atom stereocenters. The van der Waals surface area contributed by atoms with Crippen LogP contribution in [0.5, 0.6) is 0 Å². The second-order valence-corrected chi connectivity index (χ2v) is 2.77. The van der Waals surface area contributed by atoms with Gasteiger partial charge in [0.1, 0.15) is 5.38 Å². The van der Waals surface area contributed by atoms with Crippen molar-refractivity contribution in [3.8, 4) is 0 Å². The monoisotopic (exact) mass is 232 g/mol. The molecule has 0 aromatic heterocycles. The Morgan fingerprint density at radius 3 is 2.43 bits per heavy atom. The first-order chi connectivity index (χ1) is 3.18. The molecule has 0 saturated heterocycles. The number of rotatable bonds is 2. The zero-order chi connectivity index (χ0) is 5.86. The van der Waals surface area contributed by atoms with Gasteiger partial charge >= 0.3 is 0 Å². The molecule has 1 nitrogen and oxygen atoms in total. The second-order valence-electron chi connectivity index (χ2n) is 1.18. The molecule has 7 heavy (non-hydrogen) atoms. The van der Waals surface area contributed by atoms with E-state index in [-0.39, 0.29) is 9.17 Å². The quantitative estimate of drug-likeness (QED) is 0.404. The maximum atomic E-state index is 10.2. The van der Waals surface area contributed by atoms with Crippen LogP contribution < -0.4 is 0 Å². The van der Waals surface area contributed by atoms with Crippen molar-refractivity contribution in [2.75, 3.05) is 0 Å². The molecule has 1 atom stereocenters. The first-order valence-corrected chi connectivity index (χ1v) is 3.53. The van der Waals surface area contributed by atoms with Crippen molar-refractivity contribution in [1.82, 2.24) is 0 Å². The van der Waals surface area contributed by atoms with E-state index >= 15 is 0 Å². The van der Waals surface area contributed by atoms with Crippen molar-refractivity contribution in [3.63, 3.8) is 0 Å². The Morgan fingerprint density at radius 1 is 2.00 bits per heavy atom. The molecule has 0 rings (SSSR count). The molecule has 0 aliphatic carbocycles. The van der Waals surface area contributed by atoms with Crippen LogP contribution in [0.15, 0.2) is 0 Å². The van der Waals surface area contributed by atoms with E-state index in [4.69, 9.17) is 11.6 Å². The lowest BCUT2D eigenvalue weighted by molar-refractivity contribution is -0.109. The molecular weight excluding hydrogens is 226 g/mol. The number of carbonyl (C=O) groups excluding carboxylic acids is 1. The Bertz CT molecular complexity index is 74.1. The number of alkyl halides is 1. The summed E-state index contributed by atoms with van der Waals surface area (Å²) >= 11 is 7.14. The maximum absolute atomic E-state index is 10.2. The minimum atomic E-state index is -0.277. The summed E-state index contributed by atoms with van der Waals surface area (Å²) in [4.78, 5) is 10.2. The highest BCUT2D eigenvalue weighted by molar-refractivity contribution is 14.1. The molecule has 0 spiro atoms. The first-order valence-electron chi connectivity index (χ1n) is 2.02. The van der Waals surface area contributed by atoms with E-state index in [1.54, 1.807) is 22.6 Å². The topological polar surface area (TPSA) is 17.1 Å². The fourth-order valence-electron chi connectivity index (χ4n) is 0.160. The second kappa shape index (κ2) is 3.66. The summed E-state index contributed by atoms with van der Waals surface area (Å²) < 4.78 is 0.0294. The average molecular weight is 232 g/mol. The lowest BCUT2D eigenvalue weighted by Gasteiger charge is -1.93. The Labute approximate surface area is 61.6 Å². The molecule has 3 heteroatoms. The van der Waals surface area contributed by atoms with Crippen LogP contribution in [-0.4, -0.2) is 9.17 Å². The molecule has 42 valence electrons. The standard InChI is InChI=1S/C4H6ClIO/c1-2-3(5)4(6)7/h3H,2H2,1H3. The molecule has 0 fully saturated rings. The number of hydrogen-bond donors (Lipinski definition) is 0. The summed E-state index contributed by atoms with van der Waals surface area (Å²) in [6.45, 7) is 1.88. The van der Waals surface area contributed by atoms with Crippen molar-refractivity contribution >= 4 is 38.0 Å². The third-order valence-corrected chi connectivity index (χ3v) is 2.23. The SMILES string of the molecule is CCC(Cl)C(=O)I. The summed E-state index contributed by atoms with van der Waals surface area (Å²) in [5, 5.41) is -0.277. The molecule has 0 bridgehead atoms. The van der Waals surface area contributed by atoms with Crippen molar-refractivity contribution in [3.05, 3.63) is 0 Å². The summed E-state index contributed by atoms with van der Waals surface area (Å²) in [6, 6.07) is 0. The lowest BCUT2D eigenvalue weighted by atomic mass is 10.4. The minimum absolute atomic E-state index is 0.0294. The highest BCUT2D eigenvalue weighted by atomic mass is 127. The van der Waals surface area contributed by atoms with E-state index < -0.39 is 0 Å². The van der Waals surface area contributed by atoms with E-state index in [0.29, 0.717) is 0 Å². The van der Waals surface area contributed by atoms with Crippen LogP contribution in [0.1, 0.15) is 13.3 Å². The van der Waals surface area contributed by atoms with Gasteiger partial charge in [0.25, 0.3) is 0 Å². The van der Waals surface area contributed by atoms with Crippen LogP contribution in [-0.2, 0) is 4.79 Å². The zero-order valence-corrected chi connectivity index (χ0v) is 6.86. The van der Waals surface area contributed by atoms with E-state index in [2.05, 4.69) is 0 Å². The van der Waals surface area contributed by atoms with Gasteiger partial charge in [-0.15, -0.1) is 11.6 Å². The smallest absolute Gasteiger partial charge is 0.210 e. The molecule has 0 aromatic rings. The van der Waals surface area contributed by atoms with Gasteiger partial charge in [0.15, 0.2) is 0 Å². The van der Waals surface area contributed by atoms with Gasteiger partial charge in [0.05, 0.1) is 0 Å². The van der Waals surface area contributed by atoms with Crippen molar-refractivity contribution in [2.24, 2.45) is 0 Å². The van der Waals surface area contributed by atoms with E-state index in [1.807, 2.05) is 6.92 Å². The van der Waals surface area contributed by atoms with Gasteiger partial charge in [-0.3, -0.25) is 4.79 Å². The third-order valence-electron chi connectivity index (χ3n) is 0.605. The summed E-state index contributed by atoms with van der Waals surface area (Å²) in [5.41, 5.74) is 0. The predicted octanol–water partition coefficient (Wildman–Crippen LogP) is 1.97. The lowest BCUT2D eigenvalue weighted by Crippen LogP contribution is -2.03. The van der Waals surface area contributed by atoms with Crippen LogP contribution in [0.2, 0.25) is 0 Å².